The summed E-state index contributed by atoms with van der Waals surface area (Å²) in [5.74, 6) is -1.37. The van der Waals surface area contributed by atoms with Gasteiger partial charge in [-0.05, 0) is 31.4 Å². The number of unbranched alkanes of at least 4 members (excludes halogenated alkanes) is 1. The Bertz CT molecular complexity index is 549. The maximum absolute atomic E-state index is 11.7. The van der Waals surface area contributed by atoms with Gasteiger partial charge in [0, 0.05) is 16.5 Å². The van der Waals surface area contributed by atoms with Gasteiger partial charge in [0.05, 0.1) is 10.0 Å². The van der Waals surface area contributed by atoms with Gasteiger partial charge in [0.2, 0.25) is 0 Å². The lowest BCUT2D eigenvalue weighted by Crippen LogP contribution is -2.08. The number of aliphatic carboxylic acids is 1. The van der Waals surface area contributed by atoms with Gasteiger partial charge >= 0.3 is 11.9 Å². The van der Waals surface area contributed by atoms with E-state index in [9.17, 15) is 9.59 Å². The number of halogens is 3. The zero-order chi connectivity index (χ0) is 16.0. The second kappa shape index (κ2) is 8.41. The molecule has 0 aromatic heterocycles. The fourth-order valence-corrected chi connectivity index (χ4v) is 2.79. The third-order valence-corrected chi connectivity index (χ3v) is 3.61. The van der Waals surface area contributed by atoms with Crippen LogP contribution in [0.4, 0.5) is 0 Å². The number of benzene rings is 1. The van der Waals surface area contributed by atoms with Crippen molar-refractivity contribution in [2.24, 2.45) is 0 Å². The Hall–Kier alpha value is -1.04. The molecule has 1 aromatic carbocycles. The van der Waals surface area contributed by atoms with Crippen molar-refractivity contribution in [3.8, 4) is 5.75 Å². The summed E-state index contributed by atoms with van der Waals surface area (Å²) in [7, 11) is 0. The Morgan fingerprint density at radius 1 is 1.19 bits per heavy atom. The van der Waals surface area contributed by atoms with Crippen molar-refractivity contribution in [2.45, 2.75) is 25.7 Å². The van der Waals surface area contributed by atoms with E-state index >= 15 is 0 Å². The summed E-state index contributed by atoms with van der Waals surface area (Å²) in [5.41, 5.74) is 0.127. The molecule has 1 N–H and O–H groups in total. The highest BCUT2D eigenvalue weighted by Crippen LogP contribution is 2.36. The minimum Gasteiger partial charge on any atom is -0.478 e. The largest absolute Gasteiger partial charge is 0.478 e. The molecular formula is C14H13BrCl2O4. The van der Waals surface area contributed by atoms with Gasteiger partial charge < -0.3 is 9.84 Å². The van der Waals surface area contributed by atoms with Gasteiger partial charge in [-0.3, -0.25) is 4.79 Å². The van der Waals surface area contributed by atoms with E-state index in [1.807, 2.05) is 0 Å². The number of ether oxygens (including phenoxy) is 1. The third kappa shape index (κ3) is 6.08. The van der Waals surface area contributed by atoms with Gasteiger partial charge in [-0.25, -0.2) is 4.79 Å². The van der Waals surface area contributed by atoms with Gasteiger partial charge in [0.25, 0.3) is 0 Å². The second-order valence-electron chi connectivity index (χ2n) is 4.29. The molecule has 0 atom stereocenters. The molecule has 0 radical (unpaired) electrons. The van der Waals surface area contributed by atoms with Gasteiger partial charge in [-0.15, -0.1) is 0 Å². The molecule has 0 spiro atoms. The van der Waals surface area contributed by atoms with Crippen LogP contribution in [0.3, 0.4) is 0 Å². The van der Waals surface area contributed by atoms with E-state index < -0.39 is 11.9 Å². The number of esters is 1. The molecule has 114 valence electrons. The van der Waals surface area contributed by atoms with Gasteiger partial charge in [-0.2, -0.15) is 0 Å². The van der Waals surface area contributed by atoms with Crippen LogP contribution in [0.5, 0.6) is 5.75 Å². The van der Waals surface area contributed by atoms with Crippen molar-refractivity contribution in [3.63, 3.8) is 0 Å². The number of carboxylic acids is 1. The lowest BCUT2D eigenvalue weighted by atomic mass is 10.1. The van der Waals surface area contributed by atoms with E-state index in [1.54, 1.807) is 12.1 Å². The Morgan fingerprint density at radius 2 is 1.71 bits per heavy atom. The molecule has 7 heteroatoms. The van der Waals surface area contributed by atoms with Crippen LogP contribution >= 0.6 is 39.1 Å². The normalized spacial score (nSPS) is 10.2. The highest BCUT2D eigenvalue weighted by Gasteiger charge is 2.13. The SMILES string of the molecule is C=C(CCCCC(=O)Oc1c(Cl)cc(Br)cc1Cl)C(=O)O. The zero-order valence-electron chi connectivity index (χ0n) is 11.0. The van der Waals surface area contributed by atoms with Gasteiger partial charge in [0.1, 0.15) is 0 Å². The predicted octanol–water partition coefficient (Wildman–Crippen LogP) is 4.86. The third-order valence-electron chi connectivity index (χ3n) is 2.59. The molecular weight excluding hydrogens is 383 g/mol. The summed E-state index contributed by atoms with van der Waals surface area (Å²) >= 11 is 15.1. The van der Waals surface area contributed by atoms with Crippen LogP contribution in [0.15, 0.2) is 28.8 Å². The van der Waals surface area contributed by atoms with Crippen molar-refractivity contribution in [1.29, 1.82) is 0 Å². The van der Waals surface area contributed by atoms with Crippen LogP contribution in [0.1, 0.15) is 25.7 Å². The first-order valence-electron chi connectivity index (χ1n) is 6.07. The maximum Gasteiger partial charge on any atom is 0.330 e. The predicted molar refractivity (Wildman–Crippen MR) is 85.0 cm³/mol. The molecule has 0 unspecified atom stereocenters. The molecule has 0 heterocycles. The summed E-state index contributed by atoms with van der Waals surface area (Å²) in [6.45, 7) is 3.41. The average molecular weight is 396 g/mol. The van der Waals surface area contributed by atoms with E-state index in [4.69, 9.17) is 33.0 Å². The topological polar surface area (TPSA) is 63.6 Å². The first-order valence-corrected chi connectivity index (χ1v) is 7.62. The lowest BCUT2D eigenvalue weighted by molar-refractivity contribution is -0.134. The van der Waals surface area contributed by atoms with E-state index in [1.165, 1.54) is 0 Å². The highest BCUT2D eigenvalue weighted by atomic mass is 79.9. The minimum absolute atomic E-state index is 0.126. The molecule has 0 amide bonds. The Kier molecular flexibility index (Phi) is 7.22. The van der Waals surface area contributed by atoms with Crippen LogP contribution in [0.25, 0.3) is 0 Å². The van der Waals surface area contributed by atoms with E-state index in [-0.39, 0.29) is 27.8 Å². The summed E-state index contributed by atoms with van der Waals surface area (Å²) < 4.78 is 5.81. The highest BCUT2D eigenvalue weighted by molar-refractivity contribution is 9.10. The summed E-state index contributed by atoms with van der Waals surface area (Å²) in [5, 5.41) is 9.12. The van der Waals surface area contributed by atoms with E-state index in [2.05, 4.69) is 22.5 Å². The van der Waals surface area contributed by atoms with Crippen LogP contribution in [-0.4, -0.2) is 17.0 Å². The number of carbonyl (C=O) groups excluding carboxylic acids is 1. The Labute approximate surface area is 140 Å². The molecule has 0 bridgehead atoms. The first-order chi connectivity index (χ1) is 9.81. The molecule has 0 aliphatic rings. The Balaban J connectivity index is 2.45. The van der Waals surface area contributed by atoms with Crippen LogP contribution < -0.4 is 4.74 Å². The van der Waals surface area contributed by atoms with Crippen molar-refractivity contribution in [3.05, 3.63) is 38.8 Å². The maximum atomic E-state index is 11.7. The average Bonchev–Trinajstić information content (AvgIpc) is 2.38. The number of carboxylic acid groups (broad SMARTS) is 1. The molecule has 0 aliphatic carbocycles. The molecule has 21 heavy (non-hydrogen) atoms. The molecule has 0 saturated heterocycles. The van der Waals surface area contributed by atoms with Crippen molar-refractivity contribution in [2.75, 3.05) is 0 Å². The first kappa shape index (κ1) is 18.0. The summed E-state index contributed by atoms with van der Waals surface area (Å²) in [6.07, 6.45) is 1.52. The summed E-state index contributed by atoms with van der Waals surface area (Å²) in [4.78, 5) is 22.2. The number of hydrogen-bond donors (Lipinski definition) is 1. The fourth-order valence-electron chi connectivity index (χ4n) is 1.51. The second-order valence-corrected chi connectivity index (χ2v) is 6.02. The molecule has 0 saturated carbocycles. The van der Waals surface area contributed by atoms with Crippen molar-refractivity contribution >= 4 is 51.1 Å². The number of rotatable bonds is 7. The van der Waals surface area contributed by atoms with E-state index in [0.717, 1.165) is 0 Å². The van der Waals surface area contributed by atoms with Crippen LogP contribution in [0, 0.1) is 0 Å². The van der Waals surface area contributed by atoms with Crippen molar-refractivity contribution in [1.82, 2.24) is 0 Å². The minimum atomic E-state index is -1.02. The van der Waals surface area contributed by atoms with Crippen LogP contribution in [-0.2, 0) is 9.59 Å². The number of carbonyl (C=O) groups is 2. The molecule has 0 fully saturated rings. The molecule has 0 aliphatic heterocycles. The van der Waals surface area contributed by atoms with Gasteiger partial charge in [0.15, 0.2) is 5.75 Å². The number of hydrogen-bond acceptors (Lipinski definition) is 3. The standard InChI is InChI=1S/C14H13BrCl2O4/c1-8(14(19)20)4-2-3-5-12(18)21-13-10(16)6-9(15)7-11(13)17/h6-7H,1-5H2,(H,19,20). The van der Waals surface area contributed by atoms with E-state index in [0.29, 0.717) is 23.7 Å². The monoisotopic (exact) mass is 394 g/mol. The smallest absolute Gasteiger partial charge is 0.330 e. The molecule has 4 nitrogen and oxygen atoms in total. The fraction of sp³-hybridized carbons (Fsp3) is 0.286. The quantitative estimate of drug-likeness (QED) is 0.310. The zero-order valence-corrected chi connectivity index (χ0v) is 14.1. The molecule has 1 aromatic rings. The van der Waals surface area contributed by atoms with Crippen LogP contribution in [0.2, 0.25) is 10.0 Å². The van der Waals surface area contributed by atoms with Crippen molar-refractivity contribution < 1.29 is 19.4 Å². The van der Waals surface area contributed by atoms with Gasteiger partial charge in [-0.1, -0.05) is 45.7 Å². The summed E-state index contributed by atoms with van der Waals surface area (Å²) in [6, 6.07) is 3.15. The molecule has 1 rings (SSSR count). The lowest BCUT2D eigenvalue weighted by Gasteiger charge is -2.08. The Morgan fingerprint density at radius 3 is 2.24 bits per heavy atom.